The van der Waals surface area contributed by atoms with Crippen LogP contribution in [0.2, 0.25) is 5.02 Å². The maximum Gasteiger partial charge on any atom is 0.259 e. The molecule has 4 aromatic rings. The Morgan fingerprint density at radius 3 is 2.78 bits per heavy atom. The minimum Gasteiger partial charge on any atom is -0.298 e. The number of carbonyl (C=O) groups is 1. The highest BCUT2D eigenvalue weighted by Crippen LogP contribution is 2.30. The lowest BCUT2D eigenvalue weighted by Gasteiger charge is -2.07. The lowest BCUT2D eigenvalue weighted by Crippen LogP contribution is -2.14. The third-order valence-electron chi connectivity index (χ3n) is 4.09. The Morgan fingerprint density at radius 2 is 1.96 bits per heavy atom. The first-order valence-corrected chi connectivity index (χ1v) is 9.36. The lowest BCUT2D eigenvalue weighted by molar-refractivity contribution is 0.102. The number of hydrogen-bond acceptors (Lipinski definition) is 4. The largest absolute Gasteiger partial charge is 0.298 e. The fourth-order valence-corrected chi connectivity index (χ4v) is 3.69. The summed E-state index contributed by atoms with van der Waals surface area (Å²) in [4.78, 5) is 21.4. The van der Waals surface area contributed by atoms with Gasteiger partial charge in [-0.25, -0.2) is 9.37 Å². The normalized spacial score (nSPS) is 10.9. The molecule has 0 unspecified atom stereocenters. The van der Waals surface area contributed by atoms with Crippen molar-refractivity contribution in [3.8, 4) is 11.3 Å². The third kappa shape index (κ3) is 3.54. The maximum absolute atomic E-state index is 13.4. The molecular weight excluding hydrogens is 385 g/mol. The van der Waals surface area contributed by atoms with Crippen LogP contribution in [0.4, 0.5) is 9.52 Å². The summed E-state index contributed by atoms with van der Waals surface area (Å²) >= 11 is 7.52. The summed E-state index contributed by atoms with van der Waals surface area (Å²) in [6, 6.07) is 13.4. The van der Waals surface area contributed by atoms with Crippen LogP contribution in [0.5, 0.6) is 0 Å². The van der Waals surface area contributed by atoms with Crippen LogP contribution in [-0.4, -0.2) is 15.9 Å². The number of nitrogens with one attached hydrogen (secondary N) is 1. The van der Waals surface area contributed by atoms with Crippen molar-refractivity contribution in [3.63, 3.8) is 0 Å². The number of rotatable bonds is 3. The fourth-order valence-electron chi connectivity index (χ4n) is 2.75. The summed E-state index contributed by atoms with van der Waals surface area (Å²) in [6.07, 6.45) is 0. The van der Waals surface area contributed by atoms with E-state index in [1.807, 2.05) is 23.6 Å². The van der Waals surface area contributed by atoms with Gasteiger partial charge in [0.2, 0.25) is 0 Å². The summed E-state index contributed by atoms with van der Waals surface area (Å²) in [7, 11) is 0. The first-order valence-electron chi connectivity index (χ1n) is 8.10. The van der Waals surface area contributed by atoms with E-state index in [0.29, 0.717) is 38.0 Å². The number of anilines is 1. The number of halogens is 2. The van der Waals surface area contributed by atoms with Gasteiger partial charge in [0.25, 0.3) is 5.91 Å². The number of benzene rings is 2. The number of thiazole rings is 1. The number of hydrogen-bond donors (Lipinski definition) is 1. The molecule has 2 aromatic carbocycles. The number of aromatic nitrogens is 2. The van der Waals surface area contributed by atoms with Crippen LogP contribution < -0.4 is 5.32 Å². The molecule has 0 fully saturated rings. The van der Waals surface area contributed by atoms with Crippen LogP contribution >= 0.6 is 22.9 Å². The minimum atomic E-state index is -0.360. The van der Waals surface area contributed by atoms with Crippen LogP contribution in [0.3, 0.4) is 0 Å². The summed E-state index contributed by atoms with van der Waals surface area (Å²) in [5.41, 5.74) is 2.96. The van der Waals surface area contributed by atoms with E-state index in [2.05, 4.69) is 15.3 Å². The number of aryl methyl sites for hydroxylation is 1. The van der Waals surface area contributed by atoms with Gasteiger partial charge in [-0.2, -0.15) is 0 Å². The molecule has 0 radical (unpaired) electrons. The van der Waals surface area contributed by atoms with E-state index in [1.54, 1.807) is 25.1 Å². The molecule has 2 aromatic heterocycles. The van der Waals surface area contributed by atoms with Crippen molar-refractivity contribution < 1.29 is 9.18 Å². The number of pyridine rings is 1. The molecule has 0 bridgehead atoms. The first kappa shape index (κ1) is 17.6. The quantitative estimate of drug-likeness (QED) is 0.481. The Morgan fingerprint density at radius 1 is 1.15 bits per heavy atom. The van der Waals surface area contributed by atoms with Gasteiger partial charge in [-0.3, -0.25) is 15.1 Å². The van der Waals surface area contributed by atoms with Crippen LogP contribution in [0, 0.1) is 12.7 Å². The highest BCUT2D eigenvalue weighted by Gasteiger charge is 2.15. The van der Waals surface area contributed by atoms with Crippen LogP contribution in [0.15, 0.2) is 53.9 Å². The van der Waals surface area contributed by atoms with Gasteiger partial charge in [-0.15, -0.1) is 11.3 Å². The maximum atomic E-state index is 13.4. The van der Waals surface area contributed by atoms with Crippen LogP contribution in [0.25, 0.3) is 22.2 Å². The summed E-state index contributed by atoms with van der Waals surface area (Å²) in [5, 5.41) is 6.40. The molecule has 4 rings (SSSR count). The van der Waals surface area contributed by atoms with E-state index in [9.17, 15) is 9.18 Å². The van der Waals surface area contributed by atoms with E-state index in [4.69, 9.17) is 11.6 Å². The minimum absolute atomic E-state index is 0.314. The Bertz CT molecular complexity index is 1180. The van der Waals surface area contributed by atoms with Crippen LogP contribution in [0.1, 0.15) is 16.1 Å². The number of amides is 1. The predicted octanol–water partition coefficient (Wildman–Crippen LogP) is 5.71. The SMILES string of the molecule is Cc1nc2cc(F)ccc2cc1C(=O)Nc1nc(-c2ccccc2Cl)cs1. The molecule has 0 aliphatic carbocycles. The van der Waals surface area contributed by atoms with E-state index < -0.39 is 0 Å². The molecule has 0 aliphatic heterocycles. The average Bonchev–Trinajstić information content (AvgIpc) is 3.09. The van der Waals surface area contributed by atoms with Gasteiger partial charge >= 0.3 is 0 Å². The molecule has 0 aliphatic rings. The van der Waals surface area contributed by atoms with Gasteiger partial charge in [-0.1, -0.05) is 29.8 Å². The number of nitrogens with zero attached hydrogens (tertiary/aromatic N) is 2. The van der Waals surface area contributed by atoms with E-state index >= 15 is 0 Å². The van der Waals surface area contributed by atoms with Crippen LogP contribution in [-0.2, 0) is 0 Å². The van der Waals surface area contributed by atoms with Crippen molar-refractivity contribution in [2.75, 3.05) is 5.32 Å². The summed E-state index contributed by atoms with van der Waals surface area (Å²) < 4.78 is 13.4. The van der Waals surface area contributed by atoms with Gasteiger partial charge in [-0.05, 0) is 31.2 Å². The topological polar surface area (TPSA) is 54.9 Å². The zero-order chi connectivity index (χ0) is 19.0. The third-order valence-corrected chi connectivity index (χ3v) is 5.18. The molecule has 1 N–H and O–H groups in total. The van der Waals surface area contributed by atoms with Gasteiger partial charge in [0.15, 0.2) is 5.13 Å². The second-order valence-electron chi connectivity index (χ2n) is 5.93. The van der Waals surface area contributed by atoms with Gasteiger partial charge in [0.1, 0.15) is 5.82 Å². The average molecular weight is 398 g/mol. The second-order valence-corrected chi connectivity index (χ2v) is 7.20. The Balaban J connectivity index is 1.61. The van der Waals surface area contributed by atoms with Crippen molar-refractivity contribution in [1.82, 2.24) is 9.97 Å². The van der Waals surface area contributed by atoms with E-state index in [-0.39, 0.29) is 11.7 Å². The smallest absolute Gasteiger partial charge is 0.259 e. The fraction of sp³-hybridized carbons (Fsp3) is 0.0500. The van der Waals surface area contributed by atoms with Gasteiger partial charge < -0.3 is 0 Å². The molecule has 0 atom stereocenters. The zero-order valence-electron chi connectivity index (χ0n) is 14.2. The molecule has 2 heterocycles. The van der Waals surface area contributed by atoms with Gasteiger partial charge in [0.05, 0.1) is 22.5 Å². The van der Waals surface area contributed by atoms with E-state index in [0.717, 1.165) is 5.56 Å². The standard InChI is InChI=1S/C20H13ClFN3OS/c1-11-15(8-12-6-7-13(22)9-17(12)23-11)19(26)25-20-24-18(10-27-20)14-4-2-3-5-16(14)21/h2-10H,1H3,(H,24,25,26). The predicted molar refractivity (Wildman–Crippen MR) is 107 cm³/mol. The second kappa shape index (κ2) is 7.06. The van der Waals surface area contributed by atoms with Crippen molar-refractivity contribution >= 4 is 44.9 Å². The van der Waals surface area contributed by atoms with Crippen molar-refractivity contribution in [2.24, 2.45) is 0 Å². The molecule has 0 saturated carbocycles. The summed E-state index contributed by atoms with van der Waals surface area (Å²) in [5.74, 6) is -0.673. The molecule has 27 heavy (non-hydrogen) atoms. The number of carbonyl (C=O) groups excluding carboxylic acids is 1. The van der Waals surface area contributed by atoms with Gasteiger partial charge in [0, 0.05) is 27.4 Å². The molecule has 134 valence electrons. The Hall–Kier alpha value is -2.83. The Labute approximate surface area is 163 Å². The molecule has 0 spiro atoms. The molecule has 7 heteroatoms. The van der Waals surface area contributed by atoms with Crippen molar-refractivity contribution in [1.29, 1.82) is 0 Å². The number of fused-ring (bicyclic) bond motifs is 1. The highest BCUT2D eigenvalue weighted by atomic mass is 35.5. The van der Waals surface area contributed by atoms with Crippen molar-refractivity contribution in [3.05, 3.63) is 76.0 Å². The van der Waals surface area contributed by atoms with E-state index in [1.165, 1.54) is 23.5 Å². The highest BCUT2D eigenvalue weighted by molar-refractivity contribution is 7.14. The monoisotopic (exact) mass is 397 g/mol. The first-order chi connectivity index (χ1) is 13.0. The molecule has 4 nitrogen and oxygen atoms in total. The summed E-state index contributed by atoms with van der Waals surface area (Å²) in [6.45, 7) is 1.72. The molecule has 1 amide bonds. The Kier molecular flexibility index (Phi) is 4.59. The molecule has 0 saturated heterocycles. The van der Waals surface area contributed by atoms with Crippen molar-refractivity contribution in [2.45, 2.75) is 6.92 Å². The molecular formula is C20H13ClFN3OS. The lowest BCUT2D eigenvalue weighted by atomic mass is 10.1. The zero-order valence-corrected chi connectivity index (χ0v) is 15.7.